The molecule has 0 heterocycles. The number of aryl methyl sites for hydroxylation is 1. The fourth-order valence-corrected chi connectivity index (χ4v) is 3.16. The van der Waals surface area contributed by atoms with E-state index in [-0.39, 0.29) is 0 Å². The number of benzene rings is 2. The normalized spacial score (nSPS) is 16.6. The molecule has 0 aliphatic heterocycles. The fraction of sp³-hybridized carbons (Fsp3) is 0.308. The Kier molecular flexibility index (Phi) is 7.82. The van der Waals surface area contributed by atoms with Crippen LogP contribution in [0.5, 0.6) is 0 Å². The van der Waals surface area contributed by atoms with Crippen molar-refractivity contribution in [2.75, 3.05) is 7.11 Å². The van der Waals surface area contributed by atoms with Crippen LogP contribution in [0.4, 0.5) is 0 Å². The van der Waals surface area contributed by atoms with E-state index in [0.29, 0.717) is 6.10 Å². The largest absolute Gasteiger partial charge is 0.377 e. The summed E-state index contributed by atoms with van der Waals surface area (Å²) in [6, 6.07) is 12.9. The third-order valence-electron chi connectivity index (χ3n) is 4.99. The van der Waals surface area contributed by atoms with Crippen molar-refractivity contribution in [2.24, 2.45) is 0 Å². The number of allylic oxidation sites excluding steroid dienone is 5. The number of fused-ring (bicyclic) bond motifs is 1. The molecule has 0 bridgehead atoms. The van der Waals surface area contributed by atoms with E-state index < -0.39 is 0 Å². The summed E-state index contributed by atoms with van der Waals surface area (Å²) in [5.41, 5.74) is 6.39. The van der Waals surface area contributed by atoms with Crippen LogP contribution < -0.4 is 0 Å². The van der Waals surface area contributed by atoms with Gasteiger partial charge in [-0.05, 0) is 61.1 Å². The fourth-order valence-electron chi connectivity index (χ4n) is 3.16. The minimum absolute atomic E-state index is 0.314. The molecule has 1 nitrogen and oxygen atoms in total. The van der Waals surface area contributed by atoms with Gasteiger partial charge in [0.05, 0.1) is 6.10 Å². The lowest BCUT2D eigenvalue weighted by Gasteiger charge is -2.11. The Morgan fingerprint density at radius 2 is 1.93 bits per heavy atom. The van der Waals surface area contributed by atoms with Gasteiger partial charge in [0.25, 0.3) is 0 Å². The van der Waals surface area contributed by atoms with Crippen molar-refractivity contribution in [1.82, 2.24) is 0 Å². The molecule has 0 saturated carbocycles. The second-order valence-electron chi connectivity index (χ2n) is 7.17. The van der Waals surface area contributed by atoms with Crippen LogP contribution in [0.2, 0.25) is 0 Å². The zero-order valence-electron chi connectivity index (χ0n) is 17.4. The van der Waals surface area contributed by atoms with Crippen LogP contribution in [0.3, 0.4) is 0 Å². The Bertz CT molecular complexity index is 880. The molecule has 0 saturated heterocycles. The zero-order valence-corrected chi connectivity index (χ0v) is 17.4. The predicted molar refractivity (Wildman–Crippen MR) is 120 cm³/mol. The number of hydrogen-bond acceptors (Lipinski definition) is 1. The van der Waals surface area contributed by atoms with Crippen molar-refractivity contribution in [3.8, 4) is 0 Å². The van der Waals surface area contributed by atoms with E-state index >= 15 is 0 Å². The van der Waals surface area contributed by atoms with Gasteiger partial charge < -0.3 is 4.74 Å². The summed E-state index contributed by atoms with van der Waals surface area (Å²) in [7, 11) is 1.74. The summed E-state index contributed by atoms with van der Waals surface area (Å²) >= 11 is 0. The van der Waals surface area contributed by atoms with E-state index in [1.807, 2.05) is 0 Å². The Labute approximate surface area is 164 Å². The van der Waals surface area contributed by atoms with Gasteiger partial charge in [0, 0.05) is 7.11 Å². The first-order valence-corrected chi connectivity index (χ1v) is 9.68. The quantitative estimate of drug-likeness (QED) is 0.515. The molecule has 2 aromatic rings. The van der Waals surface area contributed by atoms with Gasteiger partial charge in [-0.2, -0.15) is 0 Å². The molecule has 1 aliphatic rings. The Hall–Kier alpha value is -2.38. The van der Waals surface area contributed by atoms with Crippen LogP contribution in [-0.4, -0.2) is 13.2 Å². The Morgan fingerprint density at radius 1 is 1.19 bits per heavy atom. The van der Waals surface area contributed by atoms with Crippen LogP contribution >= 0.6 is 0 Å². The first-order valence-electron chi connectivity index (χ1n) is 9.68. The van der Waals surface area contributed by atoms with Crippen LogP contribution in [-0.2, 0) is 4.74 Å². The van der Waals surface area contributed by atoms with Gasteiger partial charge in [0.2, 0.25) is 0 Å². The molecular formula is C26H32O. The summed E-state index contributed by atoms with van der Waals surface area (Å²) in [6.07, 6.45) is 11.0. The van der Waals surface area contributed by atoms with Gasteiger partial charge in [-0.25, -0.2) is 0 Å². The van der Waals surface area contributed by atoms with Crippen molar-refractivity contribution in [3.63, 3.8) is 0 Å². The molecule has 3 rings (SSSR count). The third kappa shape index (κ3) is 5.80. The highest BCUT2D eigenvalue weighted by molar-refractivity contribution is 5.97. The summed E-state index contributed by atoms with van der Waals surface area (Å²) in [6.45, 7) is 12.8. The van der Waals surface area contributed by atoms with Crippen molar-refractivity contribution in [2.45, 2.75) is 46.6 Å². The van der Waals surface area contributed by atoms with Crippen molar-refractivity contribution in [1.29, 1.82) is 0 Å². The third-order valence-corrected chi connectivity index (χ3v) is 4.99. The van der Waals surface area contributed by atoms with Gasteiger partial charge in [-0.3, -0.25) is 0 Å². The number of rotatable bonds is 4. The molecular weight excluding hydrogens is 328 g/mol. The first kappa shape index (κ1) is 20.9. The van der Waals surface area contributed by atoms with Crippen molar-refractivity contribution in [3.05, 3.63) is 89.6 Å². The van der Waals surface area contributed by atoms with E-state index in [1.54, 1.807) is 7.11 Å². The molecule has 0 amide bonds. The average molecular weight is 361 g/mol. The van der Waals surface area contributed by atoms with Crippen LogP contribution in [0.25, 0.3) is 16.3 Å². The van der Waals surface area contributed by atoms with E-state index in [4.69, 9.17) is 4.74 Å². The van der Waals surface area contributed by atoms with Crippen molar-refractivity contribution >= 4 is 16.3 Å². The smallest absolute Gasteiger partial charge is 0.0789 e. The molecule has 27 heavy (non-hydrogen) atoms. The maximum Gasteiger partial charge on any atom is 0.0789 e. The second kappa shape index (κ2) is 10.1. The standard InChI is InChI=1S/C18H20.C8H12O/c1-5-13(2)12-15(4)18-14(3)10-11-16-8-6-7-9-17(16)18;1-7-3-5-8(9-2)6-4-7/h6-12H,4-5H2,1-3H3;3-5,8H,6H2,1-2H3/b13-12-;. The van der Waals surface area contributed by atoms with Crippen LogP contribution in [0.1, 0.15) is 44.7 Å². The predicted octanol–water partition coefficient (Wildman–Crippen LogP) is 7.43. The molecule has 1 aliphatic carbocycles. The van der Waals surface area contributed by atoms with Gasteiger partial charge in [-0.1, -0.05) is 85.4 Å². The molecule has 2 aromatic carbocycles. The second-order valence-corrected chi connectivity index (χ2v) is 7.17. The number of methoxy groups -OCH3 is 1. The molecule has 0 aromatic heterocycles. The minimum Gasteiger partial charge on any atom is -0.377 e. The Morgan fingerprint density at radius 3 is 2.56 bits per heavy atom. The van der Waals surface area contributed by atoms with Gasteiger partial charge in [-0.15, -0.1) is 0 Å². The van der Waals surface area contributed by atoms with Crippen LogP contribution in [0.15, 0.2) is 78.4 Å². The monoisotopic (exact) mass is 360 g/mol. The molecule has 0 N–H and O–H groups in total. The maximum absolute atomic E-state index is 5.11. The molecule has 0 spiro atoms. The lowest BCUT2D eigenvalue weighted by molar-refractivity contribution is 0.142. The molecule has 142 valence electrons. The summed E-state index contributed by atoms with van der Waals surface area (Å²) in [4.78, 5) is 0. The summed E-state index contributed by atoms with van der Waals surface area (Å²) in [5.74, 6) is 0. The van der Waals surface area contributed by atoms with Gasteiger partial charge in [0.15, 0.2) is 0 Å². The van der Waals surface area contributed by atoms with E-state index in [1.165, 1.54) is 33.0 Å². The molecule has 1 unspecified atom stereocenters. The Balaban J connectivity index is 0.000000244. The lowest BCUT2D eigenvalue weighted by atomic mass is 9.93. The highest BCUT2D eigenvalue weighted by Crippen LogP contribution is 2.29. The number of hydrogen-bond donors (Lipinski definition) is 0. The SMILES string of the molecule is C=C(/C=C(/C)CC)c1c(C)ccc2ccccc12.COC1C=CC(C)=CC1. The first-order chi connectivity index (χ1) is 13.0. The van der Waals surface area contributed by atoms with Gasteiger partial charge in [0.1, 0.15) is 0 Å². The molecule has 1 atom stereocenters. The maximum atomic E-state index is 5.11. The van der Waals surface area contributed by atoms with E-state index in [9.17, 15) is 0 Å². The van der Waals surface area contributed by atoms with E-state index in [2.05, 4.69) is 95.0 Å². The average Bonchev–Trinajstić information content (AvgIpc) is 2.68. The minimum atomic E-state index is 0.314. The molecule has 0 radical (unpaired) electrons. The van der Waals surface area contributed by atoms with Gasteiger partial charge >= 0.3 is 0 Å². The zero-order chi connectivity index (χ0) is 19.8. The summed E-state index contributed by atoms with van der Waals surface area (Å²) in [5, 5.41) is 2.57. The van der Waals surface area contributed by atoms with E-state index in [0.717, 1.165) is 18.4 Å². The lowest BCUT2D eigenvalue weighted by Crippen LogP contribution is -2.07. The highest BCUT2D eigenvalue weighted by atomic mass is 16.5. The summed E-state index contributed by atoms with van der Waals surface area (Å²) < 4.78 is 5.11. The number of ether oxygens (including phenoxy) is 1. The van der Waals surface area contributed by atoms with Crippen LogP contribution in [0, 0.1) is 6.92 Å². The highest BCUT2D eigenvalue weighted by Gasteiger charge is 2.06. The topological polar surface area (TPSA) is 9.23 Å². The van der Waals surface area contributed by atoms with Crippen molar-refractivity contribution < 1.29 is 4.74 Å². The molecule has 0 fully saturated rings. The molecule has 1 heteroatoms.